The summed E-state index contributed by atoms with van der Waals surface area (Å²) in [6.07, 6.45) is 3.14. The molecule has 0 atom stereocenters. The van der Waals surface area contributed by atoms with E-state index in [2.05, 4.69) is 25.8 Å². The molecule has 0 saturated carbocycles. The molecule has 0 saturated heterocycles. The number of amides is 1. The van der Waals surface area contributed by atoms with E-state index in [1.807, 2.05) is 0 Å². The Bertz CT molecular complexity index is 1100. The number of thioether (sulfide) groups is 1. The van der Waals surface area contributed by atoms with E-state index in [0.29, 0.717) is 22.0 Å². The molecule has 1 N–H and O–H groups in total. The van der Waals surface area contributed by atoms with Gasteiger partial charge in [-0.1, -0.05) is 12.1 Å². The van der Waals surface area contributed by atoms with Gasteiger partial charge in [0.25, 0.3) is 5.91 Å². The zero-order chi connectivity index (χ0) is 20.1. The zero-order valence-corrected chi connectivity index (χ0v) is 15.9. The number of nitrogens with one attached hydrogen (secondary N) is 1. The molecule has 4 rings (SSSR count). The molecule has 7 nitrogen and oxygen atoms in total. The summed E-state index contributed by atoms with van der Waals surface area (Å²) >= 11 is 1.43. The van der Waals surface area contributed by atoms with E-state index in [1.165, 1.54) is 34.9 Å². The first kappa shape index (κ1) is 18.8. The van der Waals surface area contributed by atoms with Crippen LogP contribution < -0.4 is 5.32 Å². The van der Waals surface area contributed by atoms with E-state index >= 15 is 0 Å². The highest BCUT2D eigenvalue weighted by atomic mass is 32.2. The number of aromatic nitrogens is 5. The zero-order valence-electron chi connectivity index (χ0n) is 15.1. The molecule has 144 valence electrons. The topological polar surface area (TPSA) is 85.6 Å². The standard InChI is InChI=1S/C20H15FN6OS/c21-15-5-3-14(4-6-15)12-29-20-18(2-1-11-22-20)19(28)24-16-7-9-17(10-8-16)27-13-23-25-26-27/h1-11,13H,12H2,(H,24,28). The van der Waals surface area contributed by atoms with Gasteiger partial charge < -0.3 is 5.32 Å². The molecule has 0 aliphatic carbocycles. The van der Waals surface area contributed by atoms with Gasteiger partial charge in [-0.15, -0.1) is 16.9 Å². The third kappa shape index (κ3) is 4.64. The highest BCUT2D eigenvalue weighted by Crippen LogP contribution is 2.25. The minimum absolute atomic E-state index is 0.255. The summed E-state index contributed by atoms with van der Waals surface area (Å²) in [5.41, 5.74) is 2.85. The maximum absolute atomic E-state index is 13.0. The Morgan fingerprint density at radius 1 is 1.07 bits per heavy atom. The Balaban J connectivity index is 1.45. The average Bonchev–Trinajstić information content (AvgIpc) is 3.29. The summed E-state index contributed by atoms with van der Waals surface area (Å²) in [7, 11) is 0. The number of rotatable bonds is 6. The summed E-state index contributed by atoms with van der Waals surface area (Å²) in [4.78, 5) is 17.1. The molecule has 2 aromatic carbocycles. The molecule has 1 amide bonds. The van der Waals surface area contributed by atoms with Crippen LogP contribution in [-0.4, -0.2) is 31.1 Å². The fourth-order valence-corrected chi connectivity index (χ4v) is 3.53. The van der Waals surface area contributed by atoms with Crippen LogP contribution in [0.2, 0.25) is 0 Å². The van der Waals surface area contributed by atoms with Gasteiger partial charge in [0.2, 0.25) is 0 Å². The van der Waals surface area contributed by atoms with Crippen LogP contribution >= 0.6 is 11.8 Å². The lowest BCUT2D eigenvalue weighted by molar-refractivity contribution is 0.102. The fourth-order valence-electron chi connectivity index (χ4n) is 2.59. The number of hydrogen-bond donors (Lipinski definition) is 1. The molecule has 4 aromatic rings. The second kappa shape index (κ2) is 8.61. The SMILES string of the molecule is O=C(Nc1ccc(-n2cnnn2)cc1)c1cccnc1SCc1ccc(F)cc1. The van der Waals surface area contributed by atoms with Crippen molar-refractivity contribution in [2.24, 2.45) is 0 Å². The number of anilines is 1. The molecular weight excluding hydrogens is 391 g/mol. The van der Waals surface area contributed by atoms with E-state index in [1.54, 1.807) is 54.7 Å². The third-order valence-corrected chi connectivity index (χ3v) is 5.12. The Hall–Kier alpha value is -3.59. The Morgan fingerprint density at radius 2 is 1.86 bits per heavy atom. The Morgan fingerprint density at radius 3 is 2.59 bits per heavy atom. The number of benzene rings is 2. The van der Waals surface area contributed by atoms with Gasteiger partial charge >= 0.3 is 0 Å². The van der Waals surface area contributed by atoms with Crippen LogP contribution in [0.4, 0.5) is 10.1 Å². The number of hydrogen-bond acceptors (Lipinski definition) is 6. The molecule has 9 heteroatoms. The van der Waals surface area contributed by atoms with E-state index in [9.17, 15) is 9.18 Å². The van der Waals surface area contributed by atoms with Gasteiger partial charge in [0.1, 0.15) is 17.2 Å². The summed E-state index contributed by atoms with van der Waals surface area (Å²) in [6.45, 7) is 0. The van der Waals surface area contributed by atoms with Crippen molar-refractivity contribution in [1.29, 1.82) is 0 Å². The molecule has 0 aliphatic rings. The quantitative estimate of drug-likeness (QED) is 0.491. The number of nitrogens with zero attached hydrogens (tertiary/aromatic N) is 5. The monoisotopic (exact) mass is 406 g/mol. The number of halogens is 1. The second-order valence-electron chi connectivity index (χ2n) is 6.03. The molecule has 2 aromatic heterocycles. The van der Waals surface area contributed by atoms with Crippen molar-refractivity contribution < 1.29 is 9.18 Å². The molecule has 0 aliphatic heterocycles. The van der Waals surface area contributed by atoms with Gasteiger partial charge in [-0.3, -0.25) is 4.79 Å². The number of tetrazole rings is 1. The molecule has 2 heterocycles. The third-order valence-electron chi connectivity index (χ3n) is 4.04. The molecule has 0 radical (unpaired) electrons. The predicted octanol–water partition coefficient (Wildman–Crippen LogP) is 3.74. The van der Waals surface area contributed by atoms with E-state index in [0.717, 1.165) is 11.3 Å². The van der Waals surface area contributed by atoms with Crippen LogP contribution in [0.15, 0.2) is 78.2 Å². The molecule has 0 unspecified atom stereocenters. The first-order chi connectivity index (χ1) is 14.2. The normalized spacial score (nSPS) is 10.7. The molecule has 0 fully saturated rings. The predicted molar refractivity (Wildman–Crippen MR) is 107 cm³/mol. The van der Waals surface area contributed by atoms with Gasteiger partial charge in [-0.2, -0.15) is 0 Å². The van der Waals surface area contributed by atoms with Crippen LogP contribution in [0.5, 0.6) is 0 Å². The van der Waals surface area contributed by atoms with Crippen molar-refractivity contribution in [1.82, 2.24) is 25.2 Å². The molecule has 29 heavy (non-hydrogen) atoms. The van der Waals surface area contributed by atoms with Crippen molar-refractivity contribution in [3.05, 3.63) is 90.1 Å². The maximum Gasteiger partial charge on any atom is 0.258 e. The summed E-state index contributed by atoms with van der Waals surface area (Å²) in [6, 6.07) is 16.9. The largest absolute Gasteiger partial charge is 0.322 e. The number of carbonyl (C=O) groups excluding carboxylic acids is 1. The van der Waals surface area contributed by atoms with Crippen molar-refractivity contribution in [3.63, 3.8) is 0 Å². The molecule has 0 spiro atoms. The Labute approximate surface area is 170 Å². The highest BCUT2D eigenvalue weighted by molar-refractivity contribution is 7.98. The van der Waals surface area contributed by atoms with Crippen LogP contribution in [0, 0.1) is 5.82 Å². The lowest BCUT2D eigenvalue weighted by Crippen LogP contribution is -2.13. The van der Waals surface area contributed by atoms with Crippen LogP contribution in [0.25, 0.3) is 5.69 Å². The minimum atomic E-state index is -0.275. The van der Waals surface area contributed by atoms with E-state index < -0.39 is 0 Å². The van der Waals surface area contributed by atoms with Crippen molar-refractivity contribution in [2.45, 2.75) is 10.8 Å². The van der Waals surface area contributed by atoms with Gasteiger partial charge in [-0.05, 0) is 64.5 Å². The van der Waals surface area contributed by atoms with Gasteiger partial charge in [0.15, 0.2) is 0 Å². The van der Waals surface area contributed by atoms with Crippen molar-refractivity contribution in [2.75, 3.05) is 5.32 Å². The number of pyridine rings is 1. The van der Waals surface area contributed by atoms with Crippen molar-refractivity contribution >= 4 is 23.4 Å². The Kier molecular flexibility index (Phi) is 5.57. The van der Waals surface area contributed by atoms with Gasteiger partial charge in [-0.25, -0.2) is 14.1 Å². The highest BCUT2D eigenvalue weighted by Gasteiger charge is 2.13. The molecular formula is C20H15FN6OS. The lowest BCUT2D eigenvalue weighted by atomic mass is 10.2. The van der Waals surface area contributed by atoms with Crippen LogP contribution in [-0.2, 0) is 5.75 Å². The van der Waals surface area contributed by atoms with Gasteiger partial charge in [0.05, 0.1) is 11.3 Å². The first-order valence-electron chi connectivity index (χ1n) is 8.66. The van der Waals surface area contributed by atoms with E-state index in [4.69, 9.17) is 0 Å². The van der Waals surface area contributed by atoms with Crippen molar-refractivity contribution in [3.8, 4) is 5.69 Å². The van der Waals surface area contributed by atoms with Crippen LogP contribution in [0.1, 0.15) is 15.9 Å². The second-order valence-corrected chi connectivity index (χ2v) is 6.99. The van der Waals surface area contributed by atoms with Crippen LogP contribution in [0.3, 0.4) is 0 Å². The summed E-state index contributed by atoms with van der Waals surface area (Å²) in [5, 5.41) is 14.5. The number of carbonyl (C=O) groups is 1. The maximum atomic E-state index is 13.0. The lowest BCUT2D eigenvalue weighted by Gasteiger charge is -2.10. The first-order valence-corrected chi connectivity index (χ1v) is 9.64. The minimum Gasteiger partial charge on any atom is -0.322 e. The average molecular weight is 406 g/mol. The smallest absolute Gasteiger partial charge is 0.258 e. The fraction of sp³-hybridized carbons (Fsp3) is 0.0500. The summed E-state index contributed by atoms with van der Waals surface area (Å²) in [5.74, 6) is 0.0516. The molecule has 0 bridgehead atoms. The summed E-state index contributed by atoms with van der Waals surface area (Å²) < 4.78 is 14.6. The van der Waals surface area contributed by atoms with E-state index in [-0.39, 0.29) is 11.7 Å². The van der Waals surface area contributed by atoms with Gasteiger partial charge in [0, 0.05) is 17.6 Å².